The average molecular weight is 462 g/mol. The molecule has 0 fully saturated rings. The van der Waals surface area contributed by atoms with Gasteiger partial charge in [0.25, 0.3) is 0 Å². The van der Waals surface area contributed by atoms with E-state index >= 15 is 0 Å². The molecule has 0 bridgehead atoms. The van der Waals surface area contributed by atoms with Gasteiger partial charge in [-0.25, -0.2) is 0 Å². The van der Waals surface area contributed by atoms with Gasteiger partial charge in [-0.3, -0.25) is 14.4 Å². The van der Waals surface area contributed by atoms with Gasteiger partial charge < -0.3 is 10.1 Å². The van der Waals surface area contributed by atoms with Crippen LogP contribution in [0.1, 0.15) is 39.9 Å². The summed E-state index contributed by atoms with van der Waals surface area (Å²) in [5, 5.41) is 2.78. The SMILES string of the molecule is Cc1ccc(Sc2ccc(NC(=O)CCC(=O)OCC(=O)c3ccc(C)c(C)c3)cc2)cc1. The summed E-state index contributed by atoms with van der Waals surface area (Å²) in [6, 6.07) is 21.2. The predicted octanol–water partition coefficient (Wildman–Crippen LogP) is 5.91. The smallest absolute Gasteiger partial charge is 0.306 e. The second-order valence-corrected chi connectivity index (χ2v) is 9.02. The molecule has 0 heterocycles. The van der Waals surface area contributed by atoms with E-state index in [1.807, 2.05) is 44.2 Å². The molecule has 33 heavy (non-hydrogen) atoms. The third-order valence-electron chi connectivity index (χ3n) is 5.14. The fourth-order valence-electron chi connectivity index (χ4n) is 3.00. The van der Waals surface area contributed by atoms with Crippen LogP contribution in [0.15, 0.2) is 76.5 Å². The summed E-state index contributed by atoms with van der Waals surface area (Å²) in [6.07, 6.45) is -0.107. The molecule has 1 N–H and O–H groups in total. The van der Waals surface area contributed by atoms with Crippen molar-refractivity contribution in [2.75, 3.05) is 11.9 Å². The predicted molar refractivity (Wildman–Crippen MR) is 131 cm³/mol. The van der Waals surface area contributed by atoms with E-state index in [2.05, 4.69) is 36.5 Å². The van der Waals surface area contributed by atoms with E-state index in [0.29, 0.717) is 11.3 Å². The quantitative estimate of drug-likeness (QED) is 0.317. The molecule has 0 aliphatic carbocycles. The number of hydrogen-bond acceptors (Lipinski definition) is 5. The number of nitrogens with one attached hydrogen (secondary N) is 1. The van der Waals surface area contributed by atoms with Gasteiger partial charge in [0, 0.05) is 27.5 Å². The fraction of sp³-hybridized carbons (Fsp3) is 0.222. The summed E-state index contributed by atoms with van der Waals surface area (Å²) >= 11 is 1.64. The summed E-state index contributed by atoms with van der Waals surface area (Å²) in [4.78, 5) is 38.5. The largest absolute Gasteiger partial charge is 0.457 e. The lowest BCUT2D eigenvalue weighted by atomic mass is 10.0. The van der Waals surface area contributed by atoms with Gasteiger partial charge in [0.15, 0.2) is 12.4 Å². The molecule has 0 saturated carbocycles. The average Bonchev–Trinajstić information content (AvgIpc) is 2.80. The molecular weight excluding hydrogens is 434 g/mol. The van der Waals surface area contributed by atoms with Crippen molar-refractivity contribution in [1.29, 1.82) is 0 Å². The minimum absolute atomic E-state index is 0.0173. The van der Waals surface area contributed by atoms with Crippen LogP contribution in [0.4, 0.5) is 5.69 Å². The van der Waals surface area contributed by atoms with E-state index in [1.165, 1.54) is 5.56 Å². The van der Waals surface area contributed by atoms with Gasteiger partial charge in [-0.1, -0.05) is 41.6 Å². The summed E-state index contributed by atoms with van der Waals surface area (Å²) in [5.41, 5.74) is 4.48. The number of ketones is 1. The minimum Gasteiger partial charge on any atom is -0.457 e. The lowest BCUT2D eigenvalue weighted by Crippen LogP contribution is -2.17. The van der Waals surface area contributed by atoms with Crippen LogP contribution >= 0.6 is 11.8 Å². The molecule has 0 spiro atoms. The standard InChI is InChI=1S/C27H27NO4S/c1-18-4-10-23(11-5-18)33-24-12-8-22(9-13-24)28-26(30)14-15-27(31)32-17-25(29)21-7-6-19(2)20(3)16-21/h4-13,16H,14-15,17H2,1-3H3,(H,28,30). The summed E-state index contributed by atoms with van der Waals surface area (Å²) in [6.45, 7) is 5.61. The monoisotopic (exact) mass is 461 g/mol. The van der Waals surface area contributed by atoms with Gasteiger partial charge in [0.2, 0.25) is 5.91 Å². The molecule has 3 rings (SSSR count). The summed E-state index contributed by atoms with van der Waals surface area (Å²) in [5.74, 6) is -1.13. The topological polar surface area (TPSA) is 72.5 Å². The highest BCUT2D eigenvalue weighted by molar-refractivity contribution is 7.99. The number of anilines is 1. The first kappa shape index (κ1) is 24.3. The third-order valence-corrected chi connectivity index (χ3v) is 6.16. The number of benzene rings is 3. The second-order valence-electron chi connectivity index (χ2n) is 7.87. The van der Waals surface area contributed by atoms with Crippen molar-refractivity contribution in [2.24, 2.45) is 0 Å². The van der Waals surface area contributed by atoms with Gasteiger partial charge in [-0.05, 0) is 74.4 Å². The molecule has 0 radical (unpaired) electrons. The fourth-order valence-corrected chi connectivity index (χ4v) is 3.82. The molecule has 3 aromatic carbocycles. The zero-order valence-electron chi connectivity index (χ0n) is 19.0. The van der Waals surface area contributed by atoms with Gasteiger partial charge in [-0.15, -0.1) is 0 Å². The molecule has 6 heteroatoms. The Morgan fingerprint density at radius 1 is 0.788 bits per heavy atom. The van der Waals surface area contributed by atoms with Gasteiger partial charge in [0.1, 0.15) is 0 Å². The Balaban J connectivity index is 1.40. The van der Waals surface area contributed by atoms with Gasteiger partial charge in [0.05, 0.1) is 6.42 Å². The van der Waals surface area contributed by atoms with Crippen LogP contribution in [-0.4, -0.2) is 24.3 Å². The van der Waals surface area contributed by atoms with E-state index in [1.54, 1.807) is 23.9 Å². The van der Waals surface area contributed by atoms with Crippen molar-refractivity contribution in [1.82, 2.24) is 0 Å². The van der Waals surface area contributed by atoms with E-state index in [9.17, 15) is 14.4 Å². The van der Waals surface area contributed by atoms with Crippen molar-refractivity contribution in [2.45, 2.75) is 43.4 Å². The molecule has 5 nitrogen and oxygen atoms in total. The second kappa shape index (κ2) is 11.5. The number of hydrogen-bond donors (Lipinski definition) is 1. The summed E-state index contributed by atoms with van der Waals surface area (Å²) in [7, 11) is 0. The maximum atomic E-state index is 12.2. The Hall–Kier alpha value is -3.38. The first-order valence-electron chi connectivity index (χ1n) is 10.7. The maximum Gasteiger partial charge on any atom is 0.306 e. The number of rotatable bonds is 9. The Morgan fingerprint density at radius 2 is 1.42 bits per heavy atom. The zero-order valence-corrected chi connectivity index (χ0v) is 19.8. The van der Waals surface area contributed by atoms with E-state index < -0.39 is 5.97 Å². The highest BCUT2D eigenvalue weighted by Crippen LogP contribution is 2.28. The number of Topliss-reactive ketones (excluding diaryl/α,β-unsaturated/α-hetero) is 1. The van der Waals surface area contributed by atoms with Crippen LogP contribution in [0.2, 0.25) is 0 Å². The van der Waals surface area contributed by atoms with Crippen LogP contribution < -0.4 is 5.32 Å². The van der Waals surface area contributed by atoms with Crippen LogP contribution in [-0.2, 0) is 14.3 Å². The zero-order chi connectivity index (χ0) is 23.8. The van der Waals surface area contributed by atoms with Crippen molar-refractivity contribution >= 4 is 35.1 Å². The lowest BCUT2D eigenvalue weighted by molar-refractivity contribution is -0.143. The molecule has 170 valence electrons. The normalized spacial score (nSPS) is 10.5. The highest BCUT2D eigenvalue weighted by atomic mass is 32.2. The Morgan fingerprint density at radius 3 is 2.06 bits per heavy atom. The van der Waals surface area contributed by atoms with Crippen molar-refractivity contribution < 1.29 is 19.1 Å². The Bertz CT molecular complexity index is 1140. The molecule has 0 aromatic heterocycles. The molecule has 0 unspecified atom stereocenters. The van der Waals surface area contributed by atoms with Crippen molar-refractivity contribution in [3.05, 3.63) is 89.0 Å². The Kier molecular flexibility index (Phi) is 8.44. The number of ether oxygens (including phenoxy) is 1. The molecule has 0 aliphatic rings. The molecular formula is C27H27NO4S. The maximum absolute atomic E-state index is 12.2. The molecule has 0 aliphatic heterocycles. The van der Waals surface area contributed by atoms with Crippen LogP contribution in [0.25, 0.3) is 0 Å². The minimum atomic E-state index is -0.577. The number of amides is 1. The molecule has 3 aromatic rings. The van der Waals surface area contributed by atoms with Crippen molar-refractivity contribution in [3.63, 3.8) is 0 Å². The number of carbonyl (C=O) groups is 3. The van der Waals surface area contributed by atoms with E-state index in [0.717, 1.165) is 20.9 Å². The van der Waals surface area contributed by atoms with Crippen LogP contribution in [0.5, 0.6) is 0 Å². The van der Waals surface area contributed by atoms with Gasteiger partial charge in [-0.2, -0.15) is 0 Å². The number of aryl methyl sites for hydroxylation is 3. The Labute approximate surface area is 198 Å². The highest BCUT2D eigenvalue weighted by Gasteiger charge is 2.13. The molecule has 0 atom stereocenters. The lowest BCUT2D eigenvalue weighted by Gasteiger charge is -2.08. The van der Waals surface area contributed by atoms with Crippen LogP contribution in [0.3, 0.4) is 0 Å². The molecule has 1 amide bonds. The van der Waals surface area contributed by atoms with E-state index in [-0.39, 0.29) is 31.1 Å². The molecule has 0 saturated heterocycles. The summed E-state index contributed by atoms with van der Waals surface area (Å²) < 4.78 is 5.04. The van der Waals surface area contributed by atoms with Crippen LogP contribution in [0, 0.1) is 20.8 Å². The van der Waals surface area contributed by atoms with E-state index in [4.69, 9.17) is 4.74 Å². The first-order chi connectivity index (χ1) is 15.8. The number of carbonyl (C=O) groups excluding carboxylic acids is 3. The van der Waals surface area contributed by atoms with Gasteiger partial charge >= 0.3 is 5.97 Å². The first-order valence-corrected chi connectivity index (χ1v) is 11.5. The number of esters is 1. The third kappa shape index (κ3) is 7.61. The van der Waals surface area contributed by atoms with Crippen molar-refractivity contribution in [3.8, 4) is 0 Å².